The zero-order chi connectivity index (χ0) is 14.6. The van der Waals surface area contributed by atoms with Crippen molar-refractivity contribution in [2.75, 3.05) is 7.11 Å². The van der Waals surface area contributed by atoms with Crippen molar-refractivity contribution in [2.45, 2.75) is 39.9 Å². The Morgan fingerprint density at radius 3 is 2.21 bits per heavy atom. The lowest BCUT2D eigenvalue weighted by Gasteiger charge is -2.22. The number of hydrogen-bond donors (Lipinski definition) is 1. The summed E-state index contributed by atoms with van der Waals surface area (Å²) < 4.78 is 28.2. The van der Waals surface area contributed by atoms with Crippen molar-refractivity contribution >= 4 is 18.9 Å². The maximum atomic E-state index is 12.8. The molecule has 0 aliphatic rings. The second kappa shape index (κ2) is 6.32. The molecule has 0 saturated heterocycles. The summed E-state index contributed by atoms with van der Waals surface area (Å²) in [6.45, 7) is 6.92. The molecule has 0 spiro atoms. The molecule has 0 aromatic carbocycles. The fourth-order valence-corrected chi connectivity index (χ4v) is 3.43. The highest BCUT2D eigenvalue weighted by molar-refractivity contribution is 7.62. The topological polar surface area (TPSA) is 90.5 Å². The fourth-order valence-electron chi connectivity index (χ4n) is 1.43. The molecule has 7 nitrogen and oxygen atoms in total. The number of methoxy groups -OCH3 is 1. The standard InChI is InChI=1S/C11H19N2O5P/c1-7(2)17-19(15,18-8(3)4)9-6-12-13-10(9)11(14)16-5/h6-8H,1-5H3,(H,12,13). The summed E-state index contributed by atoms with van der Waals surface area (Å²) in [5.74, 6) is -0.674. The third-order valence-corrected chi connectivity index (χ3v) is 4.33. The van der Waals surface area contributed by atoms with E-state index < -0.39 is 13.6 Å². The molecule has 108 valence electrons. The molecule has 8 heteroatoms. The molecule has 0 radical (unpaired) electrons. The number of hydrogen-bond acceptors (Lipinski definition) is 6. The largest absolute Gasteiger partial charge is 0.464 e. The molecule has 1 rings (SSSR count). The average molecular weight is 290 g/mol. The van der Waals surface area contributed by atoms with Gasteiger partial charge in [-0.25, -0.2) is 4.79 Å². The highest BCUT2D eigenvalue weighted by Crippen LogP contribution is 2.49. The summed E-state index contributed by atoms with van der Waals surface area (Å²) in [7, 11) is -2.41. The molecule has 1 aromatic heterocycles. The summed E-state index contributed by atoms with van der Waals surface area (Å²) >= 11 is 0. The molecule has 0 unspecified atom stereocenters. The number of aromatic amines is 1. The van der Waals surface area contributed by atoms with Crippen molar-refractivity contribution in [3.8, 4) is 0 Å². The molecular weight excluding hydrogens is 271 g/mol. The summed E-state index contributed by atoms with van der Waals surface area (Å²) in [6, 6.07) is 0. The first-order valence-corrected chi connectivity index (χ1v) is 7.43. The maximum Gasteiger partial charge on any atom is 0.365 e. The van der Waals surface area contributed by atoms with Crippen LogP contribution in [0.5, 0.6) is 0 Å². The zero-order valence-electron chi connectivity index (χ0n) is 11.7. The van der Waals surface area contributed by atoms with Crippen LogP contribution in [0.4, 0.5) is 0 Å². The van der Waals surface area contributed by atoms with Gasteiger partial charge >= 0.3 is 13.6 Å². The van der Waals surface area contributed by atoms with Crippen molar-refractivity contribution in [3.05, 3.63) is 11.9 Å². The van der Waals surface area contributed by atoms with Crippen molar-refractivity contribution in [1.82, 2.24) is 10.2 Å². The van der Waals surface area contributed by atoms with Crippen LogP contribution in [-0.4, -0.2) is 35.5 Å². The summed E-state index contributed by atoms with van der Waals surface area (Å²) in [4.78, 5) is 11.6. The molecule has 0 saturated carbocycles. The van der Waals surface area contributed by atoms with Gasteiger partial charge in [0.15, 0.2) is 5.69 Å². The number of carbonyl (C=O) groups excluding carboxylic acids is 1. The Labute approximate surface area is 112 Å². The van der Waals surface area contributed by atoms with Gasteiger partial charge in [0, 0.05) is 0 Å². The molecule has 0 bridgehead atoms. The van der Waals surface area contributed by atoms with E-state index in [0.717, 1.165) is 0 Å². The number of carbonyl (C=O) groups is 1. The van der Waals surface area contributed by atoms with Gasteiger partial charge in [0.25, 0.3) is 0 Å². The van der Waals surface area contributed by atoms with Crippen LogP contribution in [0, 0.1) is 0 Å². The van der Waals surface area contributed by atoms with Gasteiger partial charge in [0.05, 0.1) is 25.5 Å². The van der Waals surface area contributed by atoms with Crippen molar-refractivity contribution in [3.63, 3.8) is 0 Å². The molecule has 19 heavy (non-hydrogen) atoms. The first-order valence-electron chi connectivity index (χ1n) is 5.89. The minimum atomic E-state index is -3.64. The van der Waals surface area contributed by atoms with Crippen molar-refractivity contribution in [1.29, 1.82) is 0 Å². The lowest BCUT2D eigenvalue weighted by molar-refractivity contribution is 0.0594. The third-order valence-electron chi connectivity index (χ3n) is 2.00. The molecule has 0 aliphatic carbocycles. The predicted molar refractivity (Wildman–Crippen MR) is 69.6 cm³/mol. The Morgan fingerprint density at radius 1 is 1.26 bits per heavy atom. The van der Waals surface area contributed by atoms with E-state index in [0.29, 0.717) is 0 Å². The summed E-state index contributed by atoms with van der Waals surface area (Å²) in [5, 5.41) is 6.25. The Bertz CT molecular complexity index is 469. The van der Waals surface area contributed by atoms with Gasteiger partial charge in [-0.1, -0.05) is 0 Å². The second-order valence-corrected chi connectivity index (χ2v) is 6.33. The van der Waals surface area contributed by atoms with Gasteiger partial charge in [-0.15, -0.1) is 0 Å². The Hall–Kier alpha value is -1.17. The van der Waals surface area contributed by atoms with E-state index in [1.54, 1.807) is 27.7 Å². The van der Waals surface area contributed by atoms with Crippen molar-refractivity contribution < 1.29 is 23.1 Å². The zero-order valence-corrected chi connectivity index (χ0v) is 12.6. The number of aromatic nitrogens is 2. The summed E-state index contributed by atoms with van der Waals surface area (Å²) in [5.41, 5.74) is -0.0212. The quantitative estimate of drug-likeness (QED) is 0.635. The van der Waals surface area contributed by atoms with Gasteiger partial charge < -0.3 is 13.8 Å². The normalized spacial score (nSPS) is 12.2. The highest BCUT2D eigenvalue weighted by Gasteiger charge is 2.36. The maximum absolute atomic E-state index is 12.8. The molecule has 1 N–H and O–H groups in total. The van der Waals surface area contributed by atoms with Crippen molar-refractivity contribution in [2.24, 2.45) is 0 Å². The number of H-pyrrole nitrogens is 1. The molecule has 0 atom stereocenters. The predicted octanol–water partition coefficient (Wildman–Crippen LogP) is 1.86. The molecule has 0 amide bonds. The van der Waals surface area contributed by atoms with Crippen LogP contribution in [0.15, 0.2) is 6.20 Å². The molecule has 1 heterocycles. The Kier molecular flexibility index (Phi) is 5.29. The van der Waals surface area contributed by atoms with Crippen LogP contribution < -0.4 is 5.30 Å². The average Bonchev–Trinajstić information content (AvgIpc) is 2.75. The van der Waals surface area contributed by atoms with E-state index in [4.69, 9.17) is 9.05 Å². The van der Waals surface area contributed by atoms with Crippen LogP contribution >= 0.6 is 7.60 Å². The number of rotatable bonds is 6. The minimum Gasteiger partial charge on any atom is -0.464 e. The molecule has 0 fully saturated rings. The lowest BCUT2D eigenvalue weighted by Crippen LogP contribution is -2.21. The Morgan fingerprint density at radius 2 is 1.79 bits per heavy atom. The van der Waals surface area contributed by atoms with Gasteiger partial charge in [-0.05, 0) is 27.7 Å². The lowest BCUT2D eigenvalue weighted by atomic mass is 10.4. The second-order valence-electron chi connectivity index (χ2n) is 4.43. The highest BCUT2D eigenvalue weighted by atomic mass is 31.2. The molecule has 1 aromatic rings. The van der Waals surface area contributed by atoms with Gasteiger partial charge in [-0.2, -0.15) is 5.10 Å². The Balaban J connectivity index is 3.22. The van der Waals surface area contributed by atoms with Crippen LogP contribution in [0.1, 0.15) is 38.2 Å². The molecular formula is C11H19N2O5P. The fraction of sp³-hybridized carbons (Fsp3) is 0.636. The van der Waals surface area contributed by atoms with Crippen LogP contribution in [0.2, 0.25) is 0 Å². The number of esters is 1. The first kappa shape index (κ1) is 15.9. The van der Waals surface area contributed by atoms with Gasteiger partial charge in [0.1, 0.15) is 5.30 Å². The van der Waals surface area contributed by atoms with Gasteiger partial charge in [-0.3, -0.25) is 9.66 Å². The van der Waals surface area contributed by atoms with E-state index in [9.17, 15) is 9.36 Å². The van der Waals surface area contributed by atoms with Crippen LogP contribution in [0.25, 0.3) is 0 Å². The third kappa shape index (κ3) is 3.89. The van der Waals surface area contributed by atoms with E-state index in [1.807, 2.05) is 0 Å². The number of ether oxygens (including phenoxy) is 1. The first-order chi connectivity index (χ1) is 8.80. The minimum absolute atomic E-state index is 0.0212. The van der Waals surface area contributed by atoms with Crippen LogP contribution in [-0.2, 0) is 18.3 Å². The molecule has 0 aliphatic heterocycles. The van der Waals surface area contributed by atoms with Crippen LogP contribution in [0.3, 0.4) is 0 Å². The van der Waals surface area contributed by atoms with E-state index in [1.165, 1.54) is 13.3 Å². The van der Waals surface area contributed by atoms with E-state index in [-0.39, 0.29) is 23.2 Å². The smallest absolute Gasteiger partial charge is 0.365 e. The van der Waals surface area contributed by atoms with E-state index >= 15 is 0 Å². The van der Waals surface area contributed by atoms with Gasteiger partial charge in [0.2, 0.25) is 0 Å². The van der Waals surface area contributed by atoms with E-state index in [2.05, 4.69) is 14.9 Å². The SMILES string of the molecule is COC(=O)c1[nH]ncc1P(=O)(OC(C)C)OC(C)C. The number of nitrogens with one attached hydrogen (secondary N) is 1. The monoisotopic (exact) mass is 290 g/mol. The number of nitrogens with zero attached hydrogens (tertiary/aromatic N) is 1. The summed E-state index contributed by atoms with van der Waals surface area (Å²) in [6.07, 6.45) is 0.604.